The van der Waals surface area contributed by atoms with E-state index in [0.29, 0.717) is 17.8 Å². The molecule has 2 aliphatic rings. The van der Waals surface area contributed by atoms with E-state index in [-0.39, 0.29) is 30.2 Å². The molecule has 0 aliphatic carbocycles. The van der Waals surface area contributed by atoms with E-state index < -0.39 is 4.92 Å². The highest BCUT2D eigenvalue weighted by molar-refractivity contribution is 5.93. The topological polar surface area (TPSA) is 89.2 Å². The zero-order chi connectivity index (χ0) is 14.3. The lowest BCUT2D eigenvalue weighted by molar-refractivity contribution is -0.391. The first-order valence-corrected chi connectivity index (χ1v) is 6.91. The van der Waals surface area contributed by atoms with E-state index in [9.17, 15) is 14.9 Å². The van der Waals surface area contributed by atoms with Gasteiger partial charge in [0, 0.05) is 24.2 Å². The van der Waals surface area contributed by atoms with Crippen LogP contribution in [-0.4, -0.2) is 33.5 Å². The van der Waals surface area contributed by atoms with E-state index in [0.717, 1.165) is 12.8 Å². The number of nitrogens with one attached hydrogen (secondary N) is 2. The number of nitro groups is 1. The summed E-state index contributed by atoms with van der Waals surface area (Å²) in [6, 6.07) is 4.03. The normalized spacial score (nSPS) is 27.0. The van der Waals surface area contributed by atoms with Crippen molar-refractivity contribution in [3.8, 4) is 0 Å². The Morgan fingerprint density at radius 1 is 1.38 bits per heavy atom. The molecule has 0 radical (unpaired) electrons. The first kappa shape index (κ1) is 15.8. The molecule has 2 unspecified atom stereocenters. The minimum atomic E-state index is -0.485. The standard InChI is InChI=1S/C13H18N4O3.ClH/c1-16-11(4-5-12(16)17(19)20)13(18)15-10-6-8-2-3-9(7-10)14-8;/h4-5,8-10,14H,2-3,6-7H2,1H3,(H,15,18);1H. The minimum Gasteiger partial charge on any atom is -0.358 e. The first-order valence-electron chi connectivity index (χ1n) is 6.91. The van der Waals surface area contributed by atoms with Gasteiger partial charge in [-0.25, -0.2) is 4.57 Å². The van der Waals surface area contributed by atoms with Gasteiger partial charge in [0.15, 0.2) is 5.69 Å². The van der Waals surface area contributed by atoms with Crippen LogP contribution < -0.4 is 10.6 Å². The lowest BCUT2D eigenvalue weighted by Crippen LogP contribution is -2.48. The van der Waals surface area contributed by atoms with Crippen molar-refractivity contribution in [1.29, 1.82) is 0 Å². The predicted molar refractivity (Wildman–Crippen MR) is 79.7 cm³/mol. The molecule has 8 heteroatoms. The maximum absolute atomic E-state index is 12.2. The van der Waals surface area contributed by atoms with Crippen LogP contribution in [0, 0.1) is 10.1 Å². The van der Waals surface area contributed by atoms with Gasteiger partial charge in [0.25, 0.3) is 5.91 Å². The molecule has 2 N–H and O–H groups in total. The zero-order valence-corrected chi connectivity index (χ0v) is 12.6. The van der Waals surface area contributed by atoms with Crippen molar-refractivity contribution >= 4 is 24.1 Å². The predicted octanol–water partition coefficient (Wildman–Crippen LogP) is 1.37. The van der Waals surface area contributed by atoms with Gasteiger partial charge in [0.2, 0.25) is 0 Å². The summed E-state index contributed by atoms with van der Waals surface area (Å²) < 4.78 is 1.32. The molecule has 2 aliphatic heterocycles. The number of halogens is 1. The summed E-state index contributed by atoms with van der Waals surface area (Å²) in [6.45, 7) is 0. The molecule has 2 saturated heterocycles. The number of hydrogen-bond acceptors (Lipinski definition) is 4. The van der Waals surface area contributed by atoms with E-state index in [1.807, 2.05) is 0 Å². The number of nitrogens with zero attached hydrogens (tertiary/aromatic N) is 2. The second-order valence-electron chi connectivity index (χ2n) is 5.67. The van der Waals surface area contributed by atoms with Crippen LogP contribution in [-0.2, 0) is 7.05 Å². The second kappa shape index (κ2) is 6.03. The molecule has 0 spiro atoms. The van der Waals surface area contributed by atoms with E-state index in [1.54, 1.807) is 7.05 Å². The Bertz CT molecular complexity index is 548. The van der Waals surface area contributed by atoms with Crippen LogP contribution in [0.4, 0.5) is 5.82 Å². The molecule has 2 fully saturated rings. The Labute approximate surface area is 128 Å². The van der Waals surface area contributed by atoms with Crippen LogP contribution >= 0.6 is 12.4 Å². The molecule has 2 atom stereocenters. The molecule has 3 heterocycles. The van der Waals surface area contributed by atoms with Gasteiger partial charge in [-0.15, -0.1) is 12.4 Å². The Kier molecular flexibility index (Phi) is 4.53. The van der Waals surface area contributed by atoms with E-state index >= 15 is 0 Å². The molecule has 2 bridgehead atoms. The smallest absolute Gasteiger partial charge is 0.323 e. The SMILES string of the molecule is Cl.Cn1c(C(=O)NC2CC3CCC(C2)N3)ccc1[N+](=O)[O-]. The van der Waals surface area contributed by atoms with Crippen molar-refractivity contribution < 1.29 is 9.72 Å². The molecule has 0 saturated carbocycles. The first-order chi connectivity index (χ1) is 9.54. The fourth-order valence-corrected chi connectivity index (χ4v) is 3.35. The quantitative estimate of drug-likeness (QED) is 0.651. The number of carbonyl (C=O) groups is 1. The van der Waals surface area contributed by atoms with Crippen molar-refractivity contribution in [2.45, 2.75) is 43.8 Å². The monoisotopic (exact) mass is 314 g/mol. The fourth-order valence-electron chi connectivity index (χ4n) is 3.35. The molecular formula is C13H19ClN4O3. The Morgan fingerprint density at radius 3 is 2.52 bits per heavy atom. The molecule has 0 aromatic carbocycles. The minimum absolute atomic E-state index is 0. The lowest BCUT2D eigenvalue weighted by Gasteiger charge is -2.29. The van der Waals surface area contributed by atoms with Gasteiger partial charge in [0.05, 0.1) is 7.05 Å². The number of hydrogen-bond donors (Lipinski definition) is 2. The van der Waals surface area contributed by atoms with Crippen LogP contribution in [0.25, 0.3) is 0 Å². The zero-order valence-electron chi connectivity index (χ0n) is 11.7. The van der Waals surface area contributed by atoms with Crippen LogP contribution in [0.2, 0.25) is 0 Å². The number of fused-ring (bicyclic) bond motifs is 2. The maximum Gasteiger partial charge on any atom is 0.323 e. The van der Waals surface area contributed by atoms with Gasteiger partial charge in [-0.3, -0.25) is 4.79 Å². The third-order valence-corrected chi connectivity index (χ3v) is 4.32. The van der Waals surface area contributed by atoms with Crippen molar-refractivity contribution in [1.82, 2.24) is 15.2 Å². The summed E-state index contributed by atoms with van der Waals surface area (Å²) in [6.07, 6.45) is 4.23. The van der Waals surface area contributed by atoms with E-state index in [1.165, 1.54) is 29.5 Å². The van der Waals surface area contributed by atoms with Gasteiger partial charge in [-0.05, 0) is 36.7 Å². The average Bonchev–Trinajstić information content (AvgIpc) is 2.92. The summed E-state index contributed by atoms with van der Waals surface area (Å²) in [4.78, 5) is 22.5. The molecule has 3 rings (SSSR count). The molecule has 1 aromatic rings. The highest BCUT2D eigenvalue weighted by Crippen LogP contribution is 2.27. The number of rotatable bonds is 3. The van der Waals surface area contributed by atoms with Crippen molar-refractivity contribution in [2.24, 2.45) is 7.05 Å². The van der Waals surface area contributed by atoms with Gasteiger partial charge >= 0.3 is 5.82 Å². The fraction of sp³-hybridized carbons (Fsp3) is 0.615. The highest BCUT2D eigenvalue weighted by Gasteiger charge is 2.34. The summed E-state index contributed by atoms with van der Waals surface area (Å²) in [5.41, 5.74) is 0.336. The van der Waals surface area contributed by atoms with Gasteiger partial charge < -0.3 is 20.7 Å². The van der Waals surface area contributed by atoms with Crippen LogP contribution in [0.15, 0.2) is 12.1 Å². The number of aromatic nitrogens is 1. The van der Waals surface area contributed by atoms with Crippen LogP contribution in [0.5, 0.6) is 0 Å². The van der Waals surface area contributed by atoms with Crippen molar-refractivity contribution in [3.63, 3.8) is 0 Å². The Morgan fingerprint density at radius 2 is 2.00 bits per heavy atom. The van der Waals surface area contributed by atoms with Crippen molar-refractivity contribution in [2.75, 3.05) is 0 Å². The summed E-state index contributed by atoms with van der Waals surface area (Å²) in [7, 11) is 1.54. The van der Waals surface area contributed by atoms with Gasteiger partial charge in [-0.2, -0.15) is 0 Å². The summed E-state index contributed by atoms with van der Waals surface area (Å²) >= 11 is 0. The lowest BCUT2D eigenvalue weighted by atomic mass is 10.00. The maximum atomic E-state index is 12.2. The third kappa shape index (κ3) is 3.03. The van der Waals surface area contributed by atoms with Crippen molar-refractivity contribution in [3.05, 3.63) is 27.9 Å². The van der Waals surface area contributed by atoms with Gasteiger partial charge in [-0.1, -0.05) is 0 Å². The number of carbonyl (C=O) groups excluding carboxylic acids is 1. The van der Waals surface area contributed by atoms with Gasteiger partial charge in [0.1, 0.15) is 0 Å². The molecule has 21 heavy (non-hydrogen) atoms. The number of amides is 1. The number of piperidine rings is 1. The molecule has 1 aromatic heterocycles. The molecule has 7 nitrogen and oxygen atoms in total. The van der Waals surface area contributed by atoms with E-state index in [2.05, 4.69) is 10.6 Å². The second-order valence-corrected chi connectivity index (χ2v) is 5.67. The van der Waals surface area contributed by atoms with Crippen LogP contribution in [0.3, 0.4) is 0 Å². The molecule has 1 amide bonds. The Hall–Kier alpha value is -1.60. The Balaban J connectivity index is 0.00000161. The van der Waals surface area contributed by atoms with Crippen LogP contribution in [0.1, 0.15) is 36.2 Å². The molecule has 116 valence electrons. The average molecular weight is 315 g/mol. The summed E-state index contributed by atoms with van der Waals surface area (Å²) in [5.74, 6) is -0.299. The third-order valence-electron chi connectivity index (χ3n) is 4.32. The molecular weight excluding hydrogens is 296 g/mol. The summed E-state index contributed by atoms with van der Waals surface area (Å²) in [5, 5.41) is 17.3. The highest BCUT2D eigenvalue weighted by atomic mass is 35.5. The van der Waals surface area contributed by atoms with E-state index in [4.69, 9.17) is 0 Å². The largest absolute Gasteiger partial charge is 0.358 e.